The number of likely N-dealkylation sites (N-methyl/N-ethyl adjacent to an activating group) is 1. The van der Waals surface area contributed by atoms with Crippen molar-refractivity contribution >= 4 is 17.6 Å². The highest BCUT2D eigenvalue weighted by Gasteiger charge is 2.15. The average molecular weight is 326 g/mol. The van der Waals surface area contributed by atoms with Crippen LogP contribution in [0.15, 0.2) is 24.3 Å². The number of hydrogen-bond acceptors (Lipinski definition) is 2. The quantitative estimate of drug-likeness (QED) is 0.792. The van der Waals surface area contributed by atoms with E-state index in [-0.39, 0.29) is 6.03 Å². The van der Waals surface area contributed by atoms with Crippen molar-refractivity contribution in [2.75, 3.05) is 27.2 Å². The third kappa shape index (κ3) is 6.67. The third-order valence-electron chi connectivity index (χ3n) is 3.76. The van der Waals surface area contributed by atoms with E-state index in [0.29, 0.717) is 24.2 Å². The van der Waals surface area contributed by atoms with Crippen molar-refractivity contribution in [1.82, 2.24) is 15.1 Å². The molecule has 5 heteroatoms. The maximum Gasteiger partial charge on any atom is 0.317 e. The number of halogens is 1. The monoisotopic (exact) mass is 325 g/mol. The lowest BCUT2D eigenvalue weighted by Gasteiger charge is -2.26. The van der Waals surface area contributed by atoms with E-state index >= 15 is 0 Å². The molecular formula is C17H28ClN3O. The Balaban J connectivity index is 2.64. The van der Waals surface area contributed by atoms with Gasteiger partial charge < -0.3 is 15.1 Å². The van der Waals surface area contributed by atoms with E-state index in [1.165, 1.54) is 0 Å². The molecule has 1 N–H and O–H groups in total. The Morgan fingerprint density at radius 1 is 1.36 bits per heavy atom. The van der Waals surface area contributed by atoms with Gasteiger partial charge in [-0.15, -0.1) is 0 Å². The molecule has 1 rings (SSSR count). The van der Waals surface area contributed by atoms with Gasteiger partial charge in [-0.25, -0.2) is 4.79 Å². The fourth-order valence-corrected chi connectivity index (χ4v) is 2.20. The van der Waals surface area contributed by atoms with Gasteiger partial charge in [0.05, 0.1) is 0 Å². The maximum atomic E-state index is 12.4. The van der Waals surface area contributed by atoms with Crippen molar-refractivity contribution in [3.8, 4) is 0 Å². The van der Waals surface area contributed by atoms with Gasteiger partial charge in [-0.2, -0.15) is 0 Å². The normalized spacial score (nSPS) is 12.3. The topological polar surface area (TPSA) is 35.6 Å². The van der Waals surface area contributed by atoms with Crippen molar-refractivity contribution in [1.29, 1.82) is 0 Å². The number of carbonyl (C=O) groups excluding carboxylic acids is 1. The summed E-state index contributed by atoms with van der Waals surface area (Å²) in [6, 6.07) is 7.98. The molecule has 0 aromatic heterocycles. The standard InChI is InChI=1S/C17H28ClN3O/c1-5-6-10-21(13-15-8-7-9-16(18)11-15)17(22)19-12-14(2)20(3)4/h7-9,11,14H,5-6,10,12-13H2,1-4H3,(H,19,22). The zero-order valence-corrected chi connectivity index (χ0v) is 14.9. The molecule has 2 amide bonds. The van der Waals surface area contributed by atoms with Crippen molar-refractivity contribution in [2.24, 2.45) is 0 Å². The van der Waals surface area contributed by atoms with E-state index in [4.69, 9.17) is 11.6 Å². The van der Waals surface area contributed by atoms with E-state index in [2.05, 4.69) is 24.1 Å². The second kappa shape index (κ2) is 9.70. The molecule has 0 fully saturated rings. The number of urea groups is 1. The molecule has 0 saturated heterocycles. The molecule has 1 unspecified atom stereocenters. The number of hydrogen-bond donors (Lipinski definition) is 1. The Kier molecular flexibility index (Phi) is 8.28. The molecule has 0 aliphatic heterocycles. The van der Waals surface area contributed by atoms with Crippen LogP contribution >= 0.6 is 11.6 Å². The Morgan fingerprint density at radius 3 is 2.68 bits per heavy atom. The summed E-state index contributed by atoms with van der Waals surface area (Å²) in [5, 5.41) is 3.72. The predicted octanol–water partition coefficient (Wildman–Crippen LogP) is 3.60. The van der Waals surface area contributed by atoms with Gasteiger partial charge in [0, 0.05) is 30.7 Å². The Bertz CT molecular complexity index is 465. The minimum atomic E-state index is -0.0119. The Hall–Kier alpha value is -1.26. The van der Waals surface area contributed by atoms with Crippen LogP contribution in [0.25, 0.3) is 0 Å². The lowest BCUT2D eigenvalue weighted by molar-refractivity contribution is 0.190. The number of carbonyl (C=O) groups is 1. The molecule has 0 spiro atoms. The Morgan fingerprint density at radius 2 is 2.09 bits per heavy atom. The van der Waals surface area contributed by atoms with Crippen LogP contribution in [0.2, 0.25) is 5.02 Å². The molecule has 0 aliphatic carbocycles. The van der Waals surface area contributed by atoms with Crippen LogP contribution in [0, 0.1) is 0 Å². The Labute approximate surface area is 139 Å². The van der Waals surface area contributed by atoms with Crippen molar-refractivity contribution in [3.05, 3.63) is 34.9 Å². The van der Waals surface area contributed by atoms with Crippen LogP contribution in [0.1, 0.15) is 32.3 Å². The zero-order chi connectivity index (χ0) is 16.5. The average Bonchev–Trinajstić information content (AvgIpc) is 2.48. The highest BCUT2D eigenvalue weighted by molar-refractivity contribution is 6.30. The van der Waals surface area contributed by atoms with Crippen molar-refractivity contribution < 1.29 is 4.79 Å². The first kappa shape index (κ1) is 18.8. The molecule has 0 radical (unpaired) electrons. The number of nitrogens with one attached hydrogen (secondary N) is 1. The molecule has 1 aromatic carbocycles. The number of nitrogens with zero attached hydrogens (tertiary/aromatic N) is 2. The van der Waals surface area contributed by atoms with Crippen LogP contribution in [0.3, 0.4) is 0 Å². The van der Waals surface area contributed by atoms with E-state index in [9.17, 15) is 4.79 Å². The summed E-state index contributed by atoms with van der Waals surface area (Å²) in [5.41, 5.74) is 1.06. The van der Waals surface area contributed by atoms with Gasteiger partial charge in [-0.05, 0) is 45.1 Å². The van der Waals surface area contributed by atoms with Gasteiger partial charge in [0.25, 0.3) is 0 Å². The predicted molar refractivity (Wildman–Crippen MR) is 93.3 cm³/mol. The van der Waals surface area contributed by atoms with Crippen LogP contribution in [-0.4, -0.2) is 49.1 Å². The maximum absolute atomic E-state index is 12.4. The molecule has 4 nitrogen and oxygen atoms in total. The van der Waals surface area contributed by atoms with E-state index in [1.54, 1.807) is 0 Å². The number of rotatable bonds is 8. The molecule has 0 bridgehead atoms. The molecule has 124 valence electrons. The number of unbranched alkanes of at least 4 members (excludes halogenated alkanes) is 1. The summed E-state index contributed by atoms with van der Waals surface area (Å²) in [7, 11) is 4.02. The van der Waals surface area contributed by atoms with Crippen LogP contribution in [0.5, 0.6) is 0 Å². The van der Waals surface area contributed by atoms with Gasteiger partial charge in [-0.1, -0.05) is 37.1 Å². The molecular weight excluding hydrogens is 298 g/mol. The summed E-state index contributed by atoms with van der Waals surface area (Å²) >= 11 is 6.03. The van der Waals surface area contributed by atoms with Gasteiger partial charge in [0.15, 0.2) is 0 Å². The van der Waals surface area contributed by atoms with E-state index in [0.717, 1.165) is 24.9 Å². The molecule has 0 heterocycles. The largest absolute Gasteiger partial charge is 0.336 e. The van der Waals surface area contributed by atoms with Crippen molar-refractivity contribution in [2.45, 2.75) is 39.3 Å². The third-order valence-corrected chi connectivity index (χ3v) is 4.00. The first-order valence-corrected chi connectivity index (χ1v) is 8.25. The smallest absolute Gasteiger partial charge is 0.317 e. The first-order chi connectivity index (χ1) is 10.4. The highest BCUT2D eigenvalue weighted by atomic mass is 35.5. The molecule has 0 saturated carbocycles. The summed E-state index contributed by atoms with van der Waals surface area (Å²) in [6.45, 7) is 6.20. The first-order valence-electron chi connectivity index (χ1n) is 7.87. The van der Waals surface area contributed by atoms with E-state index in [1.807, 2.05) is 43.3 Å². The fraction of sp³-hybridized carbons (Fsp3) is 0.588. The number of benzene rings is 1. The van der Waals surface area contributed by atoms with Crippen molar-refractivity contribution in [3.63, 3.8) is 0 Å². The SMILES string of the molecule is CCCCN(Cc1cccc(Cl)c1)C(=O)NCC(C)N(C)C. The van der Waals surface area contributed by atoms with Gasteiger partial charge in [0.1, 0.15) is 0 Å². The second-order valence-corrected chi connectivity index (χ2v) is 6.34. The van der Waals surface area contributed by atoms with Gasteiger partial charge in [0.2, 0.25) is 0 Å². The van der Waals surface area contributed by atoms with Crippen LogP contribution in [-0.2, 0) is 6.54 Å². The minimum Gasteiger partial charge on any atom is -0.336 e. The zero-order valence-electron chi connectivity index (χ0n) is 14.1. The number of amides is 2. The highest BCUT2D eigenvalue weighted by Crippen LogP contribution is 2.13. The minimum absolute atomic E-state index is 0.0119. The van der Waals surface area contributed by atoms with Crippen LogP contribution < -0.4 is 5.32 Å². The van der Waals surface area contributed by atoms with E-state index < -0.39 is 0 Å². The summed E-state index contributed by atoms with van der Waals surface area (Å²) in [5.74, 6) is 0. The molecule has 0 aliphatic rings. The molecule has 1 aromatic rings. The molecule has 1 atom stereocenters. The van der Waals surface area contributed by atoms with Gasteiger partial charge in [-0.3, -0.25) is 0 Å². The lowest BCUT2D eigenvalue weighted by Crippen LogP contribution is -2.45. The molecule has 22 heavy (non-hydrogen) atoms. The summed E-state index contributed by atoms with van der Waals surface area (Å²) < 4.78 is 0. The van der Waals surface area contributed by atoms with Crippen LogP contribution in [0.4, 0.5) is 4.79 Å². The lowest BCUT2D eigenvalue weighted by atomic mass is 10.2. The summed E-state index contributed by atoms with van der Waals surface area (Å²) in [6.07, 6.45) is 2.06. The summed E-state index contributed by atoms with van der Waals surface area (Å²) in [4.78, 5) is 16.4. The van der Waals surface area contributed by atoms with Gasteiger partial charge >= 0.3 is 6.03 Å². The fourth-order valence-electron chi connectivity index (χ4n) is 1.99. The second-order valence-electron chi connectivity index (χ2n) is 5.90.